The van der Waals surface area contributed by atoms with Crippen molar-refractivity contribution < 1.29 is 0 Å². The summed E-state index contributed by atoms with van der Waals surface area (Å²) in [5.74, 6) is 0.338. The maximum atomic E-state index is 9.25. The minimum Gasteiger partial charge on any atom is -0.383 e. The van der Waals surface area contributed by atoms with Crippen molar-refractivity contribution in [3.8, 4) is 6.07 Å². The number of aromatic nitrogens is 3. The van der Waals surface area contributed by atoms with Crippen molar-refractivity contribution in [1.82, 2.24) is 14.5 Å². The Morgan fingerprint density at radius 2 is 2.00 bits per heavy atom. The van der Waals surface area contributed by atoms with Gasteiger partial charge >= 0.3 is 0 Å². The standard InChI is InChI=1S/C15H13N5/c1-10(11-5-3-2-4-6-11)20-8-12(7-16)13-14(17)18-9-19-15(13)20/h2-6,8-10H,1H3,(H2,17,18,19). The molecular weight excluding hydrogens is 250 g/mol. The zero-order valence-electron chi connectivity index (χ0n) is 11.0. The molecule has 0 aliphatic carbocycles. The Kier molecular flexibility index (Phi) is 2.84. The van der Waals surface area contributed by atoms with Gasteiger partial charge in [-0.15, -0.1) is 0 Å². The van der Waals surface area contributed by atoms with Crippen molar-refractivity contribution in [3.05, 3.63) is 54.0 Å². The molecule has 0 spiro atoms. The first-order valence-electron chi connectivity index (χ1n) is 6.28. The third kappa shape index (κ3) is 1.79. The van der Waals surface area contributed by atoms with Crippen LogP contribution in [0.15, 0.2) is 42.9 Å². The van der Waals surface area contributed by atoms with E-state index >= 15 is 0 Å². The molecule has 2 N–H and O–H groups in total. The zero-order valence-corrected chi connectivity index (χ0v) is 11.0. The van der Waals surface area contributed by atoms with E-state index in [1.54, 1.807) is 6.20 Å². The van der Waals surface area contributed by atoms with E-state index in [2.05, 4.69) is 23.0 Å². The number of nitriles is 1. The van der Waals surface area contributed by atoms with Crippen LogP contribution in [0, 0.1) is 11.3 Å². The third-order valence-electron chi connectivity index (χ3n) is 3.46. The Labute approximate surface area is 116 Å². The largest absolute Gasteiger partial charge is 0.383 e. The van der Waals surface area contributed by atoms with Crippen molar-refractivity contribution in [2.24, 2.45) is 0 Å². The number of nitrogens with two attached hydrogens (primary N) is 1. The minimum atomic E-state index is 0.0649. The van der Waals surface area contributed by atoms with Crippen LogP contribution in [-0.4, -0.2) is 14.5 Å². The zero-order chi connectivity index (χ0) is 14.1. The highest BCUT2D eigenvalue weighted by atomic mass is 15.1. The highest BCUT2D eigenvalue weighted by molar-refractivity contribution is 5.92. The van der Waals surface area contributed by atoms with Gasteiger partial charge in [0.1, 0.15) is 23.9 Å². The van der Waals surface area contributed by atoms with Gasteiger partial charge in [-0.2, -0.15) is 5.26 Å². The van der Waals surface area contributed by atoms with E-state index < -0.39 is 0 Å². The van der Waals surface area contributed by atoms with Gasteiger partial charge in [-0.3, -0.25) is 0 Å². The summed E-state index contributed by atoms with van der Waals surface area (Å²) in [5.41, 5.74) is 8.20. The van der Waals surface area contributed by atoms with Crippen LogP contribution in [-0.2, 0) is 0 Å². The molecule has 1 unspecified atom stereocenters. The molecule has 5 nitrogen and oxygen atoms in total. The Hall–Kier alpha value is -2.87. The van der Waals surface area contributed by atoms with Gasteiger partial charge in [0.2, 0.25) is 0 Å². The number of nitrogen functional groups attached to an aromatic ring is 1. The smallest absolute Gasteiger partial charge is 0.147 e. The molecule has 0 amide bonds. The Bertz CT molecular complexity index is 798. The van der Waals surface area contributed by atoms with Crippen LogP contribution in [0.1, 0.15) is 24.1 Å². The van der Waals surface area contributed by atoms with Gasteiger partial charge in [0.05, 0.1) is 17.0 Å². The summed E-state index contributed by atoms with van der Waals surface area (Å²) in [4.78, 5) is 8.24. The van der Waals surface area contributed by atoms with Gasteiger partial charge in [0, 0.05) is 6.20 Å². The number of hydrogen-bond donors (Lipinski definition) is 1. The molecule has 0 saturated carbocycles. The van der Waals surface area contributed by atoms with Crippen molar-refractivity contribution in [1.29, 1.82) is 5.26 Å². The molecule has 1 aromatic carbocycles. The van der Waals surface area contributed by atoms with Gasteiger partial charge in [-0.25, -0.2) is 9.97 Å². The summed E-state index contributed by atoms with van der Waals surface area (Å²) in [6.45, 7) is 2.06. The predicted octanol–water partition coefficient (Wildman–Crippen LogP) is 2.49. The van der Waals surface area contributed by atoms with E-state index in [0.29, 0.717) is 22.4 Å². The molecule has 3 rings (SSSR count). The summed E-state index contributed by atoms with van der Waals surface area (Å²) in [7, 11) is 0. The lowest BCUT2D eigenvalue weighted by molar-refractivity contribution is 0.657. The topological polar surface area (TPSA) is 80.5 Å². The van der Waals surface area contributed by atoms with Gasteiger partial charge in [-0.1, -0.05) is 30.3 Å². The molecule has 2 aromatic heterocycles. The summed E-state index contributed by atoms with van der Waals surface area (Å²) in [5, 5.41) is 9.87. The number of nitrogens with zero attached hydrogens (tertiary/aromatic N) is 4. The van der Waals surface area contributed by atoms with Crippen LogP contribution in [0.2, 0.25) is 0 Å². The average molecular weight is 263 g/mol. The maximum Gasteiger partial charge on any atom is 0.147 e. The molecule has 0 bridgehead atoms. The van der Waals surface area contributed by atoms with E-state index in [0.717, 1.165) is 5.56 Å². The molecule has 0 radical (unpaired) electrons. The third-order valence-corrected chi connectivity index (χ3v) is 3.46. The van der Waals surface area contributed by atoms with Crippen molar-refractivity contribution in [2.45, 2.75) is 13.0 Å². The number of rotatable bonds is 2. The lowest BCUT2D eigenvalue weighted by Crippen LogP contribution is -2.06. The monoisotopic (exact) mass is 263 g/mol. The molecule has 3 aromatic rings. The molecule has 20 heavy (non-hydrogen) atoms. The second-order valence-electron chi connectivity index (χ2n) is 4.61. The van der Waals surface area contributed by atoms with Crippen LogP contribution in [0.4, 0.5) is 5.82 Å². The summed E-state index contributed by atoms with van der Waals surface area (Å²) in [6.07, 6.45) is 3.21. The first-order valence-corrected chi connectivity index (χ1v) is 6.28. The fraction of sp³-hybridized carbons (Fsp3) is 0.133. The molecule has 0 fully saturated rings. The average Bonchev–Trinajstić information content (AvgIpc) is 2.87. The normalized spacial score (nSPS) is 12.2. The van der Waals surface area contributed by atoms with E-state index in [-0.39, 0.29) is 6.04 Å². The number of hydrogen-bond acceptors (Lipinski definition) is 4. The second-order valence-corrected chi connectivity index (χ2v) is 4.61. The molecule has 5 heteroatoms. The van der Waals surface area contributed by atoms with E-state index in [1.165, 1.54) is 6.33 Å². The van der Waals surface area contributed by atoms with E-state index in [9.17, 15) is 5.26 Å². The Morgan fingerprint density at radius 3 is 2.70 bits per heavy atom. The lowest BCUT2D eigenvalue weighted by atomic mass is 10.1. The van der Waals surface area contributed by atoms with Gasteiger partial charge in [0.25, 0.3) is 0 Å². The van der Waals surface area contributed by atoms with Gasteiger partial charge in [-0.05, 0) is 12.5 Å². The molecule has 0 aliphatic heterocycles. The van der Waals surface area contributed by atoms with Crippen LogP contribution in [0.25, 0.3) is 11.0 Å². The fourth-order valence-electron chi connectivity index (χ4n) is 2.38. The predicted molar refractivity (Wildman–Crippen MR) is 76.9 cm³/mol. The van der Waals surface area contributed by atoms with Gasteiger partial charge in [0.15, 0.2) is 0 Å². The first kappa shape index (κ1) is 12.2. The first-order chi connectivity index (χ1) is 9.72. The minimum absolute atomic E-state index is 0.0649. The Morgan fingerprint density at radius 1 is 1.25 bits per heavy atom. The summed E-state index contributed by atoms with van der Waals surface area (Å²) in [6, 6.07) is 12.3. The number of benzene rings is 1. The number of anilines is 1. The second kappa shape index (κ2) is 4.67. The van der Waals surface area contributed by atoms with E-state index in [1.807, 2.05) is 34.9 Å². The summed E-state index contributed by atoms with van der Waals surface area (Å²) >= 11 is 0. The Balaban J connectivity index is 2.23. The molecule has 2 heterocycles. The fourth-order valence-corrected chi connectivity index (χ4v) is 2.38. The van der Waals surface area contributed by atoms with Crippen LogP contribution >= 0.6 is 0 Å². The van der Waals surface area contributed by atoms with Crippen molar-refractivity contribution >= 4 is 16.9 Å². The van der Waals surface area contributed by atoms with E-state index in [4.69, 9.17) is 5.73 Å². The molecule has 0 aliphatic rings. The summed E-state index contributed by atoms with van der Waals surface area (Å²) < 4.78 is 1.96. The number of fused-ring (bicyclic) bond motifs is 1. The quantitative estimate of drug-likeness (QED) is 0.770. The molecular formula is C15H13N5. The lowest BCUT2D eigenvalue weighted by Gasteiger charge is -2.14. The SMILES string of the molecule is CC(c1ccccc1)n1cc(C#N)c2c(N)ncnc21. The van der Waals surface area contributed by atoms with Gasteiger partial charge < -0.3 is 10.3 Å². The molecule has 1 atom stereocenters. The van der Waals surface area contributed by atoms with Crippen molar-refractivity contribution in [2.75, 3.05) is 5.73 Å². The highest BCUT2D eigenvalue weighted by Gasteiger charge is 2.17. The van der Waals surface area contributed by atoms with Crippen molar-refractivity contribution in [3.63, 3.8) is 0 Å². The maximum absolute atomic E-state index is 9.25. The molecule has 0 saturated heterocycles. The molecule has 98 valence electrons. The van der Waals surface area contributed by atoms with Crippen LogP contribution < -0.4 is 5.73 Å². The van der Waals surface area contributed by atoms with Crippen LogP contribution in [0.3, 0.4) is 0 Å². The highest BCUT2D eigenvalue weighted by Crippen LogP contribution is 2.28. The van der Waals surface area contributed by atoms with Crippen LogP contribution in [0.5, 0.6) is 0 Å².